The average molecular weight is 553 g/mol. The number of anilines is 1. The maximum Gasteiger partial charge on any atom is 0.306 e. The van der Waals surface area contributed by atoms with E-state index in [1.165, 1.54) is 16.8 Å². The molecular weight excluding hydrogens is 523 g/mol. The first-order valence-electron chi connectivity index (χ1n) is 13.6. The molecule has 0 amide bonds. The summed E-state index contributed by atoms with van der Waals surface area (Å²) in [6.07, 6.45) is 6.74. The standard InChI is InChI=1S/C30H30Cl2N2O4/c31-24-2-1-3-25(32)27(24)28-23(29(38-33-28)16-4-5-16)15-37-26-13-22-12-20(26)14-34(22)21-9-8-17-10-19(30(35)36)7-6-18(17)11-21/h1-3,8-9,11,16,19-20,22,26H,4-7,10,12-15H2,(H,35,36)/t19?,20-,22-,26+/m0/s1. The van der Waals surface area contributed by atoms with Gasteiger partial charge in [0.2, 0.25) is 0 Å². The van der Waals surface area contributed by atoms with Crippen molar-refractivity contribution in [2.45, 2.75) is 69.6 Å². The smallest absolute Gasteiger partial charge is 0.306 e. The molecule has 1 aliphatic heterocycles. The van der Waals surface area contributed by atoms with Crippen LogP contribution in [-0.2, 0) is 29.0 Å². The van der Waals surface area contributed by atoms with Crippen molar-refractivity contribution < 1.29 is 19.2 Å². The number of fused-ring (bicyclic) bond motifs is 3. The van der Waals surface area contributed by atoms with Gasteiger partial charge in [-0.15, -0.1) is 0 Å². The van der Waals surface area contributed by atoms with Crippen LogP contribution in [0.4, 0.5) is 5.69 Å². The minimum atomic E-state index is -0.680. The molecule has 2 aromatic carbocycles. The van der Waals surface area contributed by atoms with Crippen LogP contribution in [0.2, 0.25) is 10.0 Å². The molecule has 0 spiro atoms. The molecule has 3 aromatic rings. The van der Waals surface area contributed by atoms with Gasteiger partial charge in [0.1, 0.15) is 11.5 Å². The zero-order chi connectivity index (χ0) is 26.0. The van der Waals surface area contributed by atoms with E-state index in [1.54, 1.807) is 0 Å². The lowest BCUT2D eigenvalue weighted by molar-refractivity contribution is -0.142. The van der Waals surface area contributed by atoms with Gasteiger partial charge in [0, 0.05) is 41.2 Å². The first-order valence-corrected chi connectivity index (χ1v) is 14.4. The number of benzene rings is 2. The van der Waals surface area contributed by atoms with E-state index in [4.69, 9.17) is 32.5 Å². The van der Waals surface area contributed by atoms with Gasteiger partial charge >= 0.3 is 5.97 Å². The molecule has 3 fully saturated rings. The Kier molecular flexibility index (Phi) is 6.18. The molecular formula is C30H30Cl2N2O4. The van der Waals surface area contributed by atoms with Gasteiger partial charge in [-0.25, -0.2) is 0 Å². The van der Waals surface area contributed by atoms with E-state index in [0.717, 1.165) is 56.4 Å². The van der Waals surface area contributed by atoms with Gasteiger partial charge in [0.15, 0.2) is 0 Å². The van der Waals surface area contributed by atoms with Crippen LogP contribution in [0.3, 0.4) is 0 Å². The molecule has 38 heavy (non-hydrogen) atoms. The number of hydrogen-bond donors (Lipinski definition) is 1. The fraction of sp³-hybridized carbons (Fsp3) is 0.467. The van der Waals surface area contributed by atoms with Gasteiger partial charge in [-0.3, -0.25) is 4.79 Å². The SMILES string of the molecule is O=C(O)C1CCc2cc(N3C[C@@H]4C[C@H]3C[C@H]4OCc3c(-c4c(Cl)cccc4Cl)noc3C3CC3)ccc2C1. The van der Waals surface area contributed by atoms with Crippen LogP contribution >= 0.6 is 23.2 Å². The normalized spacial score (nSPS) is 26.1. The summed E-state index contributed by atoms with van der Waals surface area (Å²) in [6.45, 7) is 1.43. The number of nitrogens with zero attached hydrogens (tertiary/aromatic N) is 2. The molecule has 198 valence electrons. The highest BCUT2D eigenvalue weighted by atomic mass is 35.5. The van der Waals surface area contributed by atoms with Gasteiger partial charge in [0.05, 0.1) is 28.7 Å². The number of aliphatic carboxylic acids is 1. The Morgan fingerprint density at radius 1 is 1.11 bits per heavy atom. The van der Waals surface area contributed by atoms with Crippen LogP contribution in [0.25, 0.3) is 11.3 Å². The molecule has 1 aromatic heterocycles. The number of carboxylic acids is 1. The Balaban J connectivity index is 1.05. The predicted octanol–water partition coefficient (Wildman–Crippen LogP) is 6.90. The highest BCUT2D eigenvalue weighted by Crippen LogP contribution is 2.47. The van der Waals surface area contributed by atoms with E-state index in [2.05, 4.69) is 28.3 Å². The average Bonchev–Trinajstić information content (AvgIpc) is 3.36. The van der Waals surface area contributed by atoms with Gasteiger partial charge in [-0.1, -0.05) is 40.5 Å². The Bertz CT molecular complexity index is 1380. The minimum Gasteiger partial charge on any atom is -0.481 e. The van der Waals surface area contributed by atoms with E-state index in [-0.39, 0.29) is 12.0 Å². The number of carboxylic acid groups (broad SMARTS) is 1. The number of hydrogen-bond acceptors (Lipinski definition) is 5. The van der Waals surface area contributed by atoms with Crippen LogP contribution in [0.1, 0.15) is 60.5 Å². The molecule has 7 rings (SSSR count). The molecule has 1 saturated heterocycles. The summed E-state index contributed by atoms with van der Waals surface area (Å²) >= 11 is 13.0. The van der Waals surface area contributed by atoms with E-state index >= 15 is 0 Å². The lowest BCUT2D eigenvalue weighted by Gasteiger charge is -2.34. The summed E-state index contributed by atoms with van der Waals surface area (Å²) in [5.41, 5.74) is 6.15. The monoisotopic (exact) mass is 552 g/mol. The lowest BCUT2D eigenvalue weighted by Crippen LogP contribution is -2.38. The second-order valence-corrected chi connectivity index (χ2v) is 12.2. The summed E-state index contributed by atoms with van der Waals surface area (Å²) in [5, 5.41) is 14.9. The second-order valence-electron chi connectivity index (χ2n) is 11.4. The Labute approximate surface area is 231 Å². The van der Waals surface area contributed by atoms with Crippen LogP contribution in [-0.4, -0.2) is 34.9 Å². The Morgan fingerprint density at radius 3 is 2.63 bits per heavy atom. The third-order valence-electron chi connectivity index (χ3n) is 8.98. The molecule has 2 heterocycles. The van der Waals surface area contributed by atoms with Crippen molar-refractivity contribution in [1.29, 1.82) is 0 Å². The molecule has 0 radical (unpaired) electrons. The molecule has 8 heteroatoms. The van der Waals surface area contributed by atoms with E-state index in [9.17, 15) is 9.90 Å². The first kappa shape index (κ1) is 24.5. The zero-order valence-electron chi connectivity index (χ0n) is 21.0. The van der Waals surface area contributed by atoms with Crippen molar-refractivity contribution in [3.63, 3.8) is 0 Å². The second kappa shape index (κ2) is 9.58. The maximum absolute atomic E-state index is 11.4. The number of aromatic nitrogens is 1. The van der Waals surface area contributed by atoms with Crippen LogP contribution in [0.5, 0.6) is 0 Å². The van der Waals surface area contributed by atoms with E-state index in [1.807, 2.05) is 18.2 Å². The molecule has 2 bridgehead atoms. The van der Waals surface area contributed by atoms with Crippen molar-refractivity contribution in [2.75, 3.05) is 11.4 Å². The number of carbonyl (C=O) groups is 1. The quantitative estimate of drug-likeness (QED) is 0.343. The first-order chi connectivity index (χ1) is 18.5. The molecule has 2 saturated carbocycles. The zero-order valence-corrected chi connectivity index (χ0v) is 22.5. The fourth-order valence-corrected chi connectivity index (χ4v) is 7.37. The number of aryl methyl sites for hydroxylation is 1. The fourth-order valence-electron chi connectivity index (χ4n) is 6.80. The van der Waals surface area contributed by atoms with Crippen molar-refractivity contribution in [3.05, 3.63) is 68.9 Å². The molecule has 4 atom stereocenters. The van der Waals surface area contributed by atoms with Gasteiger partial charge in [0.25, 0.3) is 0 Å². The lowest BCUT2D eigenvalue weighted by atomic mass is 9.83. The summed E-state index contributed by atoms with van der Waals surface area (Å²) in [5.74, 6) is 0.861. The number of piperidine rings is 1. The van der Waals surface area contributed by atoms with Crippen LogP contribution < -0.4 is 4.90 Å². The number of ether oxygens (including phenoxy) is 1. The largest absolute Gasteiger partial charge is 0.481 e. The number of rotatable bonds is 7. The highest BCUT2D eigenvalue weighted by molar-refractivity contribution is 6.39. The van der Waals surface area contributed by atoms with Gasteiger partial charge in [-0.05, 0) is 80.3 Å². The Hall–Kier alpha value is -2.54. The topological polar surface area (TPSA) is 75.8 Å². The minimum absolute atomic E-state index is 0.196. The molecule has 4 aliphatic rings. The molecule has 1 unspecified atom stereocenters. The third kappa shape index (κ3) is 4.31. The number of halogens is 2. The third-order valence-corrected chi connectivity index (χ3v) is 9.61. The highest BCUT2D eigenvalue weighted by Gasteiger charge is 2.46. The van der Waals surface area contributed by atoms with E-state index in [0.29, 0.717) is 52.2 Å². The summed E-state index contributed by atoms with van der Waals surface area (Å²) in [7, 11) is 0. The molecule has 1 N–H and O–H groups in total. The van der Waals surface area contributed by atoms with Crippen molar-refractivity contribution in [1.82, 2.24) is 5.16 Å². The Morgan fingerprint density at radius 2 is 1.92 bits per heavy atom. The van der Waals surface area contributed by atoms with Gasteiger partial charge in [-0.2, -0.15) is 0 Å². The van der Waals surface area contributed by atoms with E-state index < -0.39 is 5.97 Å². The van der Waals surface area contributed by atoms with Crippen molar-refractivity contribution >= 4 is 34.9 Å². The summed E-state index contributed by atoms with van der Waals surface area (Å²) in [6, 6.07) is 12.6. The summed E-state index contributed by atoms with van der Waals surface area (Å²) in [4.78, 5) is 13.9. The predicted molar refractivity (Wildman–Crippen MR) is 146 cm³/mol. The maximum atomic E-state index is 11.4. The van der Waals surface area contributed by atoms with Crippen molar-refractivity contribution in [2.24, 2.45) is 11.8 Å². The van der Waals surface area contributed by atoms with Gasteiger partial charge < -0.3 is 19.3 Å². The van der Waals surface area contributed by atoms with Crippen molar-refractivity contribution in [3.8, 4) is 11.3 Å². The molecule has 3 aliphatic carbocycles. The van der Waals surface area contributed by atoms with Crippen LogP contribution in [0.15, 0.2) is 40.9 Å². The van der Waals surface area contributed by atoms with Crippen LogP contribution in [0, 0.1) is 11.8 Å². The summed E-state index contributed by atoms with van der Waals surface area (Å²) < 4.78 is 12.4. The molecule has 6 nitrogen and oxygen atoms in total.